The van der Waals surface area contributed by atoms with Crippen molar-refractivity contribution in [3.05, 3.63) is 53.6 Å². The first kappa shape index (κ1) is 20.4. The van der Waals surface area contributed by atoms with E-state index in [9.17, 15) is 14.4 Å². The van der Waals surface area contributed by atoms with Crippen LogP contribution in [-0.2, 0) is 14.3 Å². The van der Waals surface area contributed by atoms with Crippen molar-refractivity contribution in [1.82, 2.24) is 0 Å². The van der Waals surface area contributed by atoms with Crippen molar-refractivity contribution in [3.8, 4) is 11.5 Å². The molecule has 0 spiro atoms. The molecule has 1 atom stereocenters. The second kappa shape index (κ2) is 9.23. The van der Waals surface area contributed by atoms with Crippen LogP contribution in [0.5, 0.6) is 11.5 Å². The number of aryl methyl sites for hydroxylation is 1. The fourth-order valence-corrected chi connectivity index (χ4v) is 2.77. The number of hydrogen-bond acceptors (Lipinski definition) is 6. The average Bonchev–Trinajstić information content (AvgIpc) is 2.73. The van der Waals surface area contributed by atoms with E-state index < -0.39 is 18.0 Å². The number of Topliss-reactive ketones (excluding diaryl/α,β-unsaturated/α-hetero) is 1. The van der Waals surface area contributed by atoms with Gasteiger partial charge in [-0.15, -0.1) is 0 Å². The topological polar surface area (TPSA) is 90.9 Å². The van der Waals surface area contributed by atoms with Crippen molar-refractivity contribution >= 4 is 23.3 Å². The molecule has 0 fully saturated rings. The van der Waals surface area contributed by atoms with Gasteiger partial charge in [0.05, 0.1) is 6.42 Å². The SMILES string of the molecule is Cc1ccc(NC(=O)C(C)OC(=O)CCC(=O)c2ccc3c(c2)OCCO3)cc1. The number of anilines is 1. The van der Waals surface area contributed by atoms with E-state index in [1.165, 1.54) is 6.92 Å². The molecule has 1 aliphatic heterocycles. The lowest BCUT2D eigenvalue weighted by Crippen LogP contribution is -2.30. The summed E-state index contributed by atoms with van der Waals surface area (Å²) >= 11 is 0. The zero-order chi connectivity index (χ0) is 20.8. The van der Waals surface area contributed by atoms with Crippen LogP contribution in [-0.4, -0.2) is 37.0 Å². The lowest BCUT2D eigenvalue weighted by molar-refractivity contribution is -0.153. The van der Waals surface area contributed by atoms with Crippen LogP contribution in [0.4, 0.5) is 5.69 Å². The zero-order valence-corrected chi connectivity index (χ0v) is 16.4. The van der Waals surface area contributed by atoms with Gasteiger partial charge in [0.1, 0.15) is 13.2 Å². The largest absolute Gasteiger partial charge is 0.486 e. The minimum atomic E-state index is -0.965. The third-order valence-electron chi connectivity index (χ3n) is 4.42. The van der Waals surface area contributed by atoms with Crippen LogP contribution in [0.3, 0.4) is 0 Å². The number of nitrogens with one attached hydrogen (secondary N) is 1. The van der Waals surface area contributed by atoms with Crippen molar-refractivity contribution in [2.75, 3.05) is 18.5 Å². The third kappa shape index (κ3) is 5.57. The van der Waals surface area contributed by atoms with Gasteiger partial charge in [0, 0.05) is 17.7 Å². The molecule has 2 aromatic carbocycles. The van der Waals surface area contributed by atoms with Gasteiger partial charge >= 0.3 is 5.97 Å². The Morgan fingerprint density at radius 3 is 2.41 bits per heavy atom. The summed E-state index contributed by atoms with van der Waals surface area (Å²) in [4.78, 5) is 36.5. The smallest absolute Gasteiger partial charge is 0.307 e. The Bertz CT molecular complexity index is 906. The Hall–Kier alpha value is -3.35. The number of carbonyl (C=O) groups excluding carboxylic acids is 3. The van der Waals surface area contributed by atoms with Gasteiger partial charge in [-0.1, -0.05) is 17.7 Å². The molecule has 0 aliphatic carbocycles. The first-order valence-electron chi connectivity index (χ1n) is 9.42. The summed E-state index contributed by atoms with van der Waals surface area (Å²) < 4.78 is 16.0. The first-order valence-corrected chi connectivity index (χ1v) is 9.42. The molecule has 0 saturated heterocycles. The minimum Gasteiger partial charge on any atom is -0.486 e. The molecular weight excluding hydrogens is 374 g/mol. The fourth-order valence-electron chi connectivity index (χ4n) is 2.77. The molecule has 1 unspecified atom stereocenters. The zero-order valence-electron chi connectivity index (χ0n) is 16.4. The lowest BCUT2D eigenvalue weighted by atomic mass is 10.1. The number of amides is 1. The van der Waals surface area contributed by atoms with Crippen molar-refractivity contribution in [1.29, 1.82) is 0 Å². The highest BCUT2D eigenvalue weighted by Crippen LogP contribution is 2.31. The van der Waals surface area contributed by atoms with E-state index in [1.54, 1.807) is 30.3 Å². The summed E-state index contributed by atoms with van der Waals surface area (Å²) in [6.07, 6.45) is -1.10. The summed E-state index contributed by atoms with van der Waals surface area (Å²) in [6, 6.07) is 12.2. The van der Waals surface area contributed by atoms with Crippen LogP contribution in [0.25, 0.3) is 0 Å². The van der Waals surface area contributed by atoms with Gasteiger partial charge in [-0.3, -0.25) is 14.4 Å². The van der Waals surface area contributed by atoms with E-state index in [0.29, 0.717) is 36.0 Å². The Balaban J connectivity index is 1.46. The summed E-state index contributed by atoms with van der Waals surface area (Å²) in [7, 11) is 0. The molecule has 7 nitrogen and oxygen atoms in total. The monoisotopic (exact) mass is 397 g/mol. The predicted octanol–water partition coefficient (Wildman–Crippen LogP) is 3.30. The van der Waals surface area contributed by atoms with Crippen LogP contribution in [0.2, 0.25) is 0 Å². The van der Waals surface area contributed by atoms with Gasteiger partial charge in [0.2, 0.25) is 0 Å². The molecule has 29 heavy (non-hydrogen) atoms. The second-order valence-electron chi connectivity index (χ2n) is 6.77. The van der Waals surface area contributed by atoms with Crippen LogP contribution < -0.4 is 14.8 Å². The molecule has 0 aromatic heterocycles. The van der Waals surface area contributed by atoms with Crippen LogP contribution in [0.1, 0.15) is 35.7 Å². The van der Waals surface area contributed by atoms with Gasteiger partial charge in [0.15, 0.2) is 23.4 Å². The molecule has 1 aliphatic rings. The third-order valence-corrected chi connectivity index (χ3v) is 4.42. The van der Waals surface area contributed by atoms with E-state index in [-0.39, 0.29) is 18.6 Å². The summed E-state index contributed by atoms with van der Waals surface area (Å²) in [5.74, 6) is -0.134. The maximum atomic E-state index is 12.3. The van der Waals surface area contributed by atoms with Crippen LogP contribution >= 0.6 is 0 Å². The van der Waals surface area contributed by atoms with Crippen LogP contribution in [0.15, 0.2) is 42.5 Å². The molecule has 1 N–H and O–H groups in total. The Morgan fingerprint density at radius 1 is 1.00 bits per heavy atom. The molecule has 152 valence electrons. The quantitative estimate of drug-likeness (QED) is 0.569. The Morgan fingerprint density at radius 2 is 1.69 bits per heavy atom. The normalized spacial score (nSPS) is 13.3. The summed E-state index contributed by atoms with van der Waals surface area (Å²) in [6.45, 7) is 4.34. The maximum absolute atomic E-state index is 12.3. The molecule has 1 heterocycles. The van der Waals surface area contributed by atoms with E-state index in [4.69, 9.17) is 14.2 Å². The molecule has 1 amide bonds. The van der Waals surface area contributed by atoms with E-state index in [1.807, 2.05) is 19.1 Å². The highest BCUT2D eigenvalue weighted by Gasteiger charge is 2.20. The number of ketones is 1. The van der Waals surface area contributed by atoms with Crippen molar-refractivity contribution in [3.63, 3.8) is 0 Å². The standard InChI is InChI=1S/C22H23NO6/c1-14-3-6-17(7-4-14)23-22(26)15(2)29-21(25)10-8-18(24)16-5-9-19-20(13-16)28-12-11-27-19/h3-7,9,13,15H,8,10-12H2,1-2H3,(H,23,26). The van der Waals surface area contributed by atoms with Gasteiger partial charge in [-0.05, 0) is 44.2 Å². The number of fused-ring (bicyclic) bond motifs is 1. The molecule has 7 heteroatoms. The first-order chi connectivity index (χ1) is 13.9. The van der Waals surface area contributed by atoms with Crippen molar-refractivity contribution < 1.29 is 28.6 Å². The molecular formula is C22H23NO6. The van der Waals surface area contributed by atoms with Crippen LogP contribution in [0, 0.1) is 6.92 Å². The number of esters is 1. The minimum absolute atomic E-state index is 0.0230. The van der Waals surface area contributed by atoms with Crippen molar-refractivity contribution in [2.45, 2.75) is 32.8 Å². The van der Waals surface area contributed by atoms with Crippen molar-refractivity contribution in [2.24, 2.45) is 0 Å². The molecule has 2 aromatic rings. The summed E-state index contributed by atoms with van der Waals surface area (Å²) in [5.41, 5.74) is 2.13. The van der Waals surface area contributed by atoms with E-state index >= 15 is 0 Å². The number of hydrogen-bond donors (Lipinski definition) is 1. The van der Waals surface area contributed by atoms with Gasteiger partial charge in [0.25, 0.3) is 5.91 Å². The highest BCUT2D eigenvalue weighted by atomic mass is 16.6. The van der Waals surface area contributed by atoms with E-state index in [0.717, 1.165) is 5.56 Å². The van der Waals surface area contributed by atoms with Gasteiger partial charge < -0.3 is 19.5 Å². The molecule has 0 bridgehead atoms. The van der Waals surface area contributed by atoms with Gasteiger partial charge in [-0.25, -0.2) is 0 Å². The number of ether oxygens (including phenoxy) is 3. The molecule has 0 radical (unpaired) electrons. The number of benzene rings is 2. The predicted molar refractivity (Wildman–Crippen MR) is 106 cm³/mol. The lowest BCUT2D eigenvalue weighted by Gasteiger charge is -2.18. The molecule has 0 saturated carbocycles. The van der Waals surface area contributed by atoms with Gasteiger partial charge in [-0.2, -0.15) is 0 Å². The number of carbonyl (C=O) groups is 3. The summed E-state index contributed by atoms with van der Waals surface area (Å²) in [5, 5.41) is 2.69. The van der Waals surface area contributed by atoms with E-state index in [2.05, 4.69) is 5.32 Å². The second-order valence-corrected chi connectivity index (χ2v) is 6.77. The fraction of sp³-hybridized carbons (Fsp3) is 0.318. The number of rotatable bonds is 7. The highest BCUT2D eigenvalue weighted by molar-refractivity contribution is 5.98. The Kier molecular flexibility index (Phi) is 6.49. The molecule has 3 rings (SSSR count). The maximum Gasteiger partial charge on any atom is 0.307 e. The average molecular weight is 397 g/mol. The Labute approximate surface area is 169 Å².